The molecule has 3 aromatic heterocycles. The fourth-order valence-corrected chi connectivity index (χ4v) is 7.83. The number of likely N-dealkylation sites (tertiary alicyclic amines) is 1. The molecule has 3 atom stereocenters. The number of imidazole rings is 1. The van der Waals surface area contributed by atoms with E-state index in [1.54, 1.807) is 47.9 Å². The zero-order valence-electron chi connectivity index (χ0n) is 26.3. The number of anilines is 1. The highest BCUT2D eigenvalue weighted by Gasteiger charge is 2.78. The molecule has 4 aromatic rings. The van der Waals surface area contributed by atoms with Gasteiger partial charge in [-0.1, -0.05) is 6.92 Å². The minimum Gasteiger partial charge on any atom is -0.338 e. The molecule has 3 N–H and O–H groups in total. The largest absolute Gasteiger partial charge is 0.338 e. The number of hydrogen-bond donors (Lipinski definition) is 3. The molecule has 1 saturated carbocycles. The highest BCUT2D eigenvalue weighted by atomic mass is 19.3. The number of piperidine rings is 2. The number of imide groups is 1. The summed E-state index contributed by atoms with van der Waals surface area (Å²) in [4.78, 5) is 65.5. The maximum atomic E-state index is 14.3. The first-order valence-corrected chi connectivity index (χ1v) is 16.0. The number of rotatable bonds is 5. The van der Waals surface area contributed by atoms with E-state index in [1.165, 1.54) is 15.3 Å². The molecule has 0 unspecified atom stereocenters. The average molecular weight is 662 g/mol. The molecule has 5 heterocycles. The number of nitrogens with one attached hydrogen (secondary N) is 3. The molecular formula is C32H33F2N9O5. The van der Waals surface area contributed by atoms with Gasteiger partial charge in [0.05, 0.1) is 29.0 Å². The first-order valence-electron chi connectivity index (χ1n) is 16.0. The zero-order valence-corrected chi connectivity index (χ0v) is 26.3. The number of fused-ring (bicyclic) bond motifs is 3. The van der Waals surface area contributed by atoms with Gasteiger partial charge in [0.2, 0.25) is 11.8 Å². The number of amides is 4. The Kier molecular flexibility index (Phi) is 6.56. The van der Waals surface area contributed by atoms with Gasteiger partial charge in [-0.2, -0.15) is 10.2 Å². The molecule has 4 aliphatic rings. The van der Waals surface area contributed by atoms with Crippen LogP contribution >= 0.6 is 0 Å². The van der Waals surface area contributed by atoms with Gasteiger partial charge in [0.15, 0.2) is 5.69 Å². The van der Waals surface area contributed by atoms with Gasteiger partial charge in [-0.25, -0.2) is 13.6 Å². The highest BCUT2D eigenvalue weighted by molar-refractivity contribution is 6.04. The van der Waals surface area contributed by atoms with Crippen LogP contribution in [-0.2, 0) is 29.5 Å². The van der Waals surface area contributed by atoms with E-state index in [0.29, 0.717) is 59.5 Å². The first kappa shape index (κ1) is 30.2. The van der Waals surface area contributed by atoms with Gasteiger partial charge >= 0.3 is 5.69 Å². The Labute approximate surface area is 271 Å². The van der Waals surface area contributed by atoms with Gasteiger partial charge in [-0.15, -0.1) is 0 Å². The molecular weight excluding hydrogens is 628 g/mol. The molecule has 14 nitrogen and oxygen atoms in total. The number of hydrogen-bond acceptors (Lipinski definition) is 7. The lowest BCUT2D eigenvalue weighted by molar-refractivity contribution is -0.135. The van der Waals surface area contributed by atoms with Crippen LogP contribution in [0.5, 0.6) is 0 Å². The summed E-state index contributed by atoms with van der Waals surface area (Å²) in [6, 6.07) is 4.14. The molecule has 250 valence electrons. The number of halogens is 2. The van der Waals surface area contributed by atoms with Crippen molar-refractivity contribution in [2.24, 2.45) is 18.4 Å². The van der Waals surface area contributed by atoms with Crippen LogP contribution in [0, 0.1) is 11.3 Å². The number of aromatic nitrogens is 6. The molecule has 2 aliphatic heterocycles. The third kappa shape index (κ3) is 4.44. The van der Waals surface area contributed by atoms with Crippen molar-refractivity contribution in [1.82, 2.24) is 39.3 Å². The summed E-state index contributed by atoms with van der Waals surface area (Å²) in [5.41, 5.74) is 1.66. The molecule has 4 amide bonds. The van der Waals surface area contributed by atoms with E-state index in [4.69, 9.17) is 0 Å². The number of aryl methyl sites for hydroxylation is 1. The second-order valence-electron chi connectivity index (χ2n) is 13.6. The third-order valence-corrected chi connectivity index (χ3v) is 10.8. The minimum absolute atomic E-state index is 0.0153. The number of H-pyrrole nitrogens is 1. The summed E-state index contributed by atoms with van der Waals surface area (Å²) in [6.07, 6.45) is 5.11. The van der Waals surface area contributed by atoms with Crippen molar-refractivity contribution < 1.29 is 28.0 Å². The zero-order chi connectivity index (χ0) is 33.7. The molecule has 0 spiro atoms. The Bertz CT molecular complexity index is 2100. The third-order valence-electron chi connectivity index (χ3n) is 10.8. The lowest BCUT2D eigenvalue weighted by Crippen LogP contribution is -2.44. The van der Waals surface area contributed by atoms with Gasteiger partial charge < -0.3 is 10.2 Å². The molecule has 2 saturated heterocycles. The van der Waals surface area contributed by atoms with Gasteiger partial charge in [-0.3, -0.25) is 43.4 Å². The van der Waals surface area contributed by atoms with Crippen molar-refractivity contribution in [3.8, 4) is 0 Å². The van der Waals surface area contributed by atoms with Crippen LogP contribution in [0.25, 0.3) is 11.0 Å². The quantitative estimate of drug-likeness (QED) is 0.276. The number of aromatic amines is 1. The first-order chi connectivity index (χ1) is 22.9. The molecule has 0 radical (unpaired) electrons. The number of carbonyl (C=O) groups is 4. The molecule has 1 aromatic carbocycles. The Morgan fingerprint density at radius 1 is 1.08 bits per heavy atom. The van der Waals surface area contributed by atoms with E-state index in [-0.39, 0.29) is 49.2 Å². The maximum Gasteiger partial charge on any atom is 0.329 e. The Morgan fingerprint density at radius 3 is 2.60 bits per heavy atom. The van der Waals surface area contributed by atoms with Crippen LogP contribution in [0.3, 0.4) is 0 Å². The van der Waals surface area contributed by atoms with Crippen molar-refractivity contribution in [3.05, 3.63) is 63.6 Å². The van der Waals surface area contributed by atoms with Crippen LogP contribution in [0.4, 0.5) is 14.5 Å². The predicted octanol–water partition coefficient (Wildman–Crippen LogP) is 2.34. The summed E-state index contributed by atoms with van der Waals surface area (Å²) < 4.78 is 33.2. The van der Waals surface area contributed by atoms with Gasteiger partial charge in [0.1, 0.15) is 6.04 Å². The predicted molar refractivity (Wildman–Crippen MR) is 165 cm³/mol. The lowest BCUT2D eigenvalue weighted by atomic mass is 9.87. The highest BCUT2D eigenvalue weighted by Crippen LogP contribution is 2.70. The molecule has 0 bridgehead atoms. The summed E-state index contributed by atoms with van der Waals surface area (Å²) in [5.74, 6) is -5.09. The van der Waals surface area contributed by atoms with Crippen LogP contribution in [0.15, 0.2) is 35.4 Å². The van der Waals surface area contributed by atoms with Crippen molar-refractivity contribution in [2.75, 3.05) is 18.4 Å². The second-order valence-corrected chi connectivity index (χ2v) is 13.6. The van der Waals surface area contributed by atoms with Gasteiger partial charge in [0.25, 0.3) is 17.7 Å². The van der Waals surface area contributed by atoms with Crippen LogP contribution in [0.1, 0.15) is 76.8 Å². The summed E-state index contributed by atoms with van der Waals surface area (Å²) >= 11 is 0. The summed E-state index contributed by atoms with van der Waals surface area (Å²) in [7, 11) is 1.58. The van der Waals surface area contributed by atoms with E-state index in [0.717, 1.165) is 0 Å². The second kappa shape index (κ2) is 10.4. The van der Waals surface area contributed by atoms with Gasteiger partial charge in [-0.05, 0) is 43.9 Å². The Hall–Kier alpha value is -5.15. The normalized spacial score (nSPS) is 25.0. The average Bonchev–Trinajstić information content (AvgIpc) is 3.58. The SMILES string of the molecule is Cn1c(=O)n([C@@H]2CCC(=O)NC2=O)c2ccc(C(=O)N3CCC(n4cc(NC(=O)c5n[nH]c6c5C[C@@H]5C(F)(F)[C@]5(C)C6)cn4)CC3)cc21. The monoisotopic (exact) mass is 661 g/mol. The molecule has 3 fully saturated rings. The van der Waals surface area contributed by atoms with E-state index in [9.17, 15) is 32.8 Å². The van der Waals surface area contributed by atoms with E-state index in [1.807, 2.05) is 0 Å². The minimum atomic E-state index is -2.75. The lowest BCUT2D eigenvalue weighted by Gasteiger charge is -2.32. The number of nitrogens with zero attached hydrogens (tertiary/aromatic N) is 6. The molecule has 16 heteroatoms. The fourth-order valence-electron chi connectivity index (χ4n) is 7.83. The number of carbonyl (C=O) groups excluding carboxylic acids is 4. The number of alkyl halides is 2. The van der Waals surface area contributed by atoms with Crippen molar-refractivity contribution >= 4 is 40.3 Å². The van der Waals surface area contributed by atoms with Crippen LogP contribution in [-0.4, -0.2) is 76.7 Å². The van der Waals surface area contributed by atoms with Crippen molar-refractivity contribution in [1.29, 1.82) is 0 Å². The van der Waals surface area contributed by atoms with Crippen LogP contribution in [0.2, 0.25) is 0 Å². The topological polar surface area (TPSA) is 169 Å². The standard InChI is InChI=1S/C32H33F2N9O5/c1-31-13-20-19(12-24(31)32(31,33)34)26(39-38-20)28(46)36-17-14-35-42(15-17)18-7-9-41(10-8-18)29(47)16-3-4-21-23(11-16)40(2)30(48)43(21)22-5-6-25(44)37-27(22)45/h3-4,11,14-15,18,22,24H,5-10,12-13H2,1-2H3,(H,36,46)(H,38,39)(H,37,44,45)/t22-,24+,31-/m1/s1. The van der Waals surface area contributed by atoms with E-state index >= 15 is 0 Å². The maximum absolute atomic E-state index is 14.3. The summed E-state index contributed by atoms with van der Waals surface area (Å²) in [6.45, 7) is 2.50. The Balaban J connectivity index is 0.909. The smallest absolute Gasteiger partial charge is 0.329 e. The van der Waals surface area contributed by atoms with E-state index < -0.39 is 40.8 Å². The van der Waals surface area contributed by atoms with E-state index in [2.05, 4.69) is 25.9 Å². The number of benzene rings is 1. The van der Waals surface area contributed by atoms with Crippen molar-refractivity contribution in [3.63, 3.8) is 0 Å². The molecule has 48 heavy (non-hydrogen) atoms. The Morgan fingerprint density at radius 2 is 1.85 bits per heavy atom. The van der Waals surface area contributed by atoms with Gasteiger partial charge in [0, 0.05) is 67.3 Å². The van der Waals surface area contributed by atoms with Crippen LogP contribution < -0.4 is 16.3 Å². The molecule has 8 rings (SSSR count). The van der Waals surface area contributed by atoms with Crippen molar-refractivity contribution in [2.45, 2.75) is 63.5 Å². The molecule has 2 aliphatic carbocycles. The summed E-state index contributed by atoms with van der Waals surface area (Å²) in [5, 5.41) is 16.4. The fraction of sp³-hybridized carbons (Fsp3) is 0.469.